The van der Waals surface area contributed by atoms with E-state index in [-0.39, 0.29) is 11.1 Å². The summed E-state index contributed by atoms with van der Waals surface area (Å²) in [5, 5.41) is 12.2. The Balaban J connectivity index is 2.00. The summed E-state index contributed by atoms with van der Waals surface area (Å²) in [5.41, 5.74) is 0.664. The summed E-state index contributed by atoms with van der Waals surface area (Å²) in [6, 6.07) is 18.1. The molecule has 2 N–H and O–H groups in total. The third kappa shape index (κ3) is 3.69. The van der Waals surface area contributed by atoms with Gasteiger partial charge in [0.15, 0.2) is 0 Å². The molecule has 0 bridgehead atoms. The van der Waals surface area contributed by atoms with E-state index in [1.54, 1.807) is 48.5 Å². The van der Waals surface area contributed by atoms with Crippen LogP contribution in [0.25, 0.3) is 11.1 Å². The van der Waals surface area contributed by atoms with Crippen molar-refractivity contribution in [3.63, 3.8) is 0 Å². The predicted octanol–water partition coefficient (Wildman–Crippen LogP) is 5.81. The minimum Gasteiger partial charge on any atom is -0.478 e. The highest BCUT2D eigenvalue weighted by Gasteiger charge is 2.33. The molecule has 0 aromatic heterocycles. The van der Waals surface area contributed by atoms with E-state index in [0.29, 0.717) is 16.9 Å². The molecule has 0 radical (unpaired) electrons. The highest BCUT2D eigenvalue weighted by molar-refractivity contribution is 5.95. The van der Waals surface area contributed by atoms with Crippen molar-refractivity contribution in [1.82, 2.24) is 0 Å². The van der Waals surface area contributed by atoms with E-state index >= 15 is 0 Å². The summed E-state index contributed by atoms with van der Waals surface area (Å²) in [7, 11) is 0. The van der Waals surface area contributed by atoms with E-state index < -0.39 is 17.7 Å². The molecule has 0 unspecified atom stereocenters. The molecule has 6 heteroatoms. The van der Waals surface area contributed by atoms with Crippen molar-refractivity contribution < 1.29 is 23.1 Å². The number of hydrogen-bond donors (Lipinski definition) is 2. The number of alkyl halides is 3. The average molecular weight is 357 g/mol. The topological polar surface area (TPSA) is 49.3 Å². The van der Waals surface area contributed by atoms with E-state index in [9.17, 15) is 23.1 Å². The normalized spacial score (nSPS) is 11.2. The maximum absolute atomic E-state index is 13.2. The second-order valence-electron chi connectivity index (χ2n) is 5.60. The van der Waals surface area contributed by atoms with Gasteiger partial charge in [-0.05, 0) is 41.5 Å². The smallest absolute Gasteiger partial charge is 0.417 e. The van der Waals surface area contributed by atoms with E-state index in [1.807, 2.05) is 0 Å². The summed E-state index contributed by atoms with van der Waals surface area (Å²) >= 11 is 0. The van der Waals surface area contributed by atoms with Gasteiger partial charge in [0.25, 0.3) is 0 Å². The molecule has 0 aliphatic carbocycles. The summed E-state index contributed by atoms with van der Waals surface area (Å²) in [5.74, 6) is -1.09. The molecule has 3 rings (SSSR count). The van der Waals surface area contributed by atoms with Crippen molar-refractivity contribution in [2.24, 2.45) is 0 Å². The van der Waals surface area contributed by atoms with Gasteiger partial charge in [0.2, 0.25) is 0 Å². The molecular weight excluding hydrogens is 343 g/mol. The van der Waals surface area contributed by atoms with Crippen LogP contribution in [0.2, 0.25) is 0 Å². The zero-order chi connectivity index (χ0) is 18.7. The lowest BCUT2D eigenvalue weighted by molar-refractivity contribution is -0.137. The second kappa shape index (κ2) is 6.92. The van der Waals surface area contributed by atoms with E-state index in [0.717, 1.165) is 6.07 Å². The number of carboxylic acids is 1. The van der Waals surface area contributed by atoms with Crippen LogP contribution in [0.3, 0.4) is 0 Å². The molecule has 0 aliphatic heterocycles. The molecule has 0 atom stereocenters. The lowest BCUT2D eigenvalue weighted by atomic mass is 9.99. The van der Waals surface area contributed by atoms with Gasteiger partial charge >= 0.3 is 12.1 Å². The molecule has 0 fully saturated rings. The third-order valence-corrected chi connectivity index (χ3v) is 3.84. The first kappa shape index (κ1) is 17.5. The number of carboxylic acid groups (broad SMARTS) is 1. The summed E-state index contributed by atoms with van der Waals surface area (Å²) in [4.78, 5) is 11.3. The predicted molar refractivity (Wildman–Crippen MR) is 93.6 cm³/mol. The molecule has 26 heavy (non-hydrogen) atoms. The maximum Gasteiger partial charge on any atom is 0.417 e. The van der Waals surface area contributed by atoms with Gasteiger partial charge in [0.1, 0.15) is 0 Å². The molecule has 0 saturated heterocycles. The van der Waals surface area contributed by atoms with Gasteiger partial charge < -0.3 is 10.4 Å². The van der Waals surface area contributed by atoms with Crippen LogP contribution in [0.4, 0.5) is 24.5 Å². The number of anilines is 2. The van der Waals surface area contributed by atoms with Crippen LogP contribution in [0.15, 0.2) is 72.8 Å². The zero-order valence-corrected chi connectivity index (χ0v) is 13.4. The largest absolute Gasteiger partial charge is 0.478 e. The number of hydrogen-bond acceptors (Lipinski definition) is 2. The zero-order valence-electron chi connectivity index (χ0n) is 13.4. The lowest BCUT2D eigenvalue weighted by Crippen LogP contribution is -2.07. The van der Waals surface area contributed by atoms with Gasteiger partial charge in [-0.15, -0.1) is 0 Å². The third-order valence-electron chi connectivity index (χ3n) is 3.84. The SMILES string of the molecule is O=C(O)c1ccccc1Nc1cccc(-c2ccccc2C(F)(F)F)c1. The monoisotopic (exact) mass is 357 g/mol. The Labute approximate surface area is 147 Å². The van der Waals surface area contributed by atoms with Gasteiger partial charge in [-0.1, -0.05) is 42.5 Å². The average Bonchev–Trinajstić information content (AvgIpc) is 2.61. The van der Waals surface area contributed by atoms with Gasteiger partial charge in [0, 0.05) is 5.69 Å². The number of aromatic carboxylic acids is 1. The first-order valence-electron chi connectivity index (χ1n) is 7.72. The van der Waals surface area contributed by atoms with Crippen LogP contribution >= 0.6 is 0 Å². The number of nitrogens with one attached hydrogen (secondary N) is 1. The molecule has 3 aromatic carbocycles. The van der Waals surface area contributed by atoms with Crippen LogP contribution in [0.5, 0.6) is 0 Å². The van der Waals surface area contributed by atoms with E-state index in [1.165, 1.54) is 18.2 Å². The second-order valence-corrected chi connectivity index (χ2v) is 5.60. The fourth-order valence-electron chi connectivity index (χ4n) is 2.68. The maximum atomic E-state index is 13.2. The van der Waals surface area contributed by atoms with Crippen LogP contribution in [-0.4, -0.2) is 11.1 Å². The summed E-state index contributed by atoms with van der Waals surface area (Å²) < 4.78 is 39.7. The molecule has 132 valence electrons. The fraction of sp³-hybridized carbons (Fsp3) is 0.0500. The molecule has 0 spiro atoms. The Hall–Kier alpha value is -3.28. The summed E-state index contributed by atoms with van der Waals surface area (Å²) in [6.07, 6.45) is -4.46. The molecule has 3 nitrogen and oxygen atoms in total. The van der Waals surface area contributed by atoms with Gasteiger partial charge in [-0.25, -0.2) is 4.79 Å². The quantitative estimate of drug-likeness (QED) is 0.619. The van der Waals surface area contributed by atoms with Crippen LogP contribution < -0.4 is 5.32 Å². The van der Waals surface area contributed by atoms with Gasteiger partial charge in [-0.2, -0.15) is 13.2 Å². The highest BCUT2D eigenvalue weighted by Crippen LogP contribution is 2.37. The van der Waals surface area contributed by atoms with E-state index in [4.69, 9.17) is 0 Å². The number of rotatable bonds is 4. The number of para-hydroxylation sites is 1. The molecule has 3 aromatic rings. The Bertz CT molecular complexity index is 952. The Morgan fingerprint density at radius 1 is 0.885 bits per heavy atom. The number of benzene rings is 3. The first-order chi connectivity index (χ1) is 12.4. The van der Waals surface area contributed by atoms with Gasteiger partial charge in [-0.3, -0.25) is 0 Å². The van der Waals surface area contributed by atoms with Crippen LogP contribution in [0.1, 0.15) is 15.9 Å². The number of carbonyl (C=O) groups is 1. The first-order valence-corrected chi connectivity index (χ1v) is 7.72. The number of halogens is 3. The standard InChI is InChI=1S/C20H14F3NO2/c21-20(22,23)17-10-3-1-8-15(17)13-6-5-7-14(12-13)24-18-11-4-2-9-16(18)19(25)26/h1-12,24H,(H,25,26). The van der Waals surface area contributed by atoms with Crippen molar-refractivity contribution in [2.45, 2.75) is 6.18 Å². The Morgan fingerprint density at radius 3 is 2.31 bits per heavy atom. The van der Waals surface area contributed by atoms with Crippen LogP contribution in [0, 0.1) is 0 Å². The molecular formula is C20H14F3NO2. The van der Waals surface area contributed by atoms with Crippen molar-refractivity contribution in [2.75, 3.05) is 5.32 Å². The lowest BCUT2D eigenvalue weighted by Gasteiger charge is -2.14. The van der Waals surface area contributed by atoms with Crippen molar-refractivity contribution in [3.05, 3.63) is 83.9 Å². The van der Waals surface area contributed by atoms with Gasteiger partial charge in [0.05, 0.1) is 16.8 Å². The van der Waals surface area contributed by atoms with Crippen LogP contribution in [-0.2, 0) is 6.18 Å². The molecule has 0 saturated carbocycles. The highest BCUT2D eigenvalue weighted by atomic mass is 19.4. The minimum absolute atomic E-state index is 0.0650. The molecule has 0 heterocycles. The molecule has 0 aliphatic rings. The fourth-order valence-corrected chi connectivity index (χ4v) is 2.68. The summed E-state index contributed by atoms with van der Waals surface area (Å²) in [6.45, 7) is 0. The van der Waals surface area contributed by atoms with E-state index in [2.05, 4.69) is 5.32 Å². The molecule has 0 amide bonds. The van der Waals surface area contributed by atoms with Crippen molar-refractivity contribution in [1.29, 1.82) is 0 Å². The minimum atomic E-state index is -4.46. The Morgan fingerprint density at radius 2 is 1.58 bits per heavy atom. The van der Waals surface area contributed by atoms with Crippen molar-refractivity contribution >= 4 is 17.3 Å². The Kier molecular flexibility index (Phi) is 4.67. The van der Waals surface area contributed by atoms with Crippen molar-refractivity contribution in [3.8, 4) is 11.1 Å².